The quantitative estimate of drug-likeness (QED) is 0.737. The number of nitrogens with zero attached hydrogens (tertiary/aromatic N) is 2. The third kappa shape index (κ3) is 4.41. The molecule has 0 bridgehead atoms. The van der Waals surface area contributed by atoms with E-state index < -0.39 is 0 Å². The molecule has 86 valence electrons. The van der Waals surface area contributed by atoms with Gasteiger partial charge in [0.15, 0.2) is 0 Å². The third-order valence-corrected chi connectivity index (χ3v) is 2.39. The molecule has 1 aromatic rings. The zero-order chi connectivity index (χ0) is 11.8. The maximum atomic E-state index is 8.69. The minimum Gasteiger partial charge on any atom is -0.376 e. The summed E-state index contributed by atoms with van der Waals surface area (Å²) < 4.78 is 5.60. The standard InChI is InChI=1S/C13H18N2O/c1-3-4-11(2)9-16-10-12-5-6-15-13(7-12)8-14/h5-7,11H,3-4,9-10H2,1-2H3. The van der Waals surface area contributed by atoms with Gasteiger partial charge in [-0.05, 0) is 30.0 Å². The zero-order valence-electron chi connectivity index (χ0n) is 9.94. The average Bonchev–Trinajstić information content (AvgIpc) is 2.30. The first-order valence-electron chi connectivity index (χ1n) is 5.69. The van der Waals surface area contributed by atoms with Crippen molar-refractivity contribution in [3.63, 3.8) is 0 Å². The molecule has 3 heteroatoms. The summed E-state index contributed by atoms with van der Waals surface area (Å²) in [4.78, 5) is 3.91. The monoisotopic (exact) mass is 218 g/mol. The van der Waals surface area contributed by atoms with Crippen LogP contribution in [0.2, 0.25) is 0 Å². The molecule has 1 heterocycles. The number of ether oxygens (including phenoxy) is 1. The molecule has 1 unspecified atom stereocenters. The Morgan fingerprint density at radius 3 is 3.06 bits per heavy atom. The van der Waals surface area contributed by atoms with Crippen molar-refractivity contribution < 1.29 is 4.74 Å². The summed E-state index contributed by atoms with van der Waals surface area (Å²) in [7, 11) is 0. The van der Waals surface area contributed by atoms with Crippen LogP contribution in [0.3, 0.4) is 0 Å². The molecule has 3 nitrogen and oxygen atoms in total. The molecule has 0 radical (unpaired) electrons. The summed E-state index contributed by atoms with van der Waals surface area (Å²) in [5.74, 6) is 0.599. The first kappa shape index (κ1) is 12.7. The smallest absolute Gasteiger partial charge is 0.140 e. The van der Waals surface area contributed by atoms with Crippen molar-refractivity contribution in [3.05, 3.63) is 29.6 Å². The highest BCUT2D eigenvalue weighted by atomic mass is 16.5. The second-order valence-corrected chi connectivity index (χ2v) is 4.07. The van der Waals surface area contributed by atoms with Crippen molar-refractivity contribution >= 4 is 0 Å². The Morgan fingerprint density at radius 1 is 1.56 bits per heavy atom. The number of hydrogen-bond acceptors (Lipinski definition) is 3. The fraction of sp³-hybridized carbons (Fsp3) is 0.538. The molecule has 1 rings (SSSR count). The highest BCUT2D eigenvalue weighted by Crippen LogP contribution is 2.08. The van der Waals surface area contributed by atoms with Crippen molar-refractivity contribution in [3.8, 4) is 6.07 Å². The predicted octanol–water partition coefficient (Wildman–Crippen LogP) is 2.91. The second kappa shape index (κ2) is 6.97. The van der Waals surface area contributed by atoms with E-state index in [1.54, 1.807) is 12.3 Å². The van der Waals surface area contributed by atoms with Gasteiger partial charge in [0, 0.05) is 12.8 Å². The Labute approximate surface area is 97.1 Å². The van der Waals surface area contributed by atoms with E-state index >= 15 is 0 Å². The highest BCUT2D eigenvalue weighted by Gasteiger charge is 2.01. The van der Waals surface area contributed by atoms with Crippen LogP contribution < -0.4 is 0 Å². The lowest BCUT2D eigenvalue weighted by Gasteiger charge is -2.10. The van der Waals surface area contributed by atoms with Crippen LogP contribution in [0.5, 0.6) is 0 Å². The van der Waals surface area contributed by atoms with Gasteiger partial charge in [-0.25, -0.2) is 4.98 Å². The van der Waals surface area contributed by atoms with Crippen molar-refractivity contribution in [1.29, 1.82) is 5.26 Å². The summed E-state index contributed by atoms with van der Waals surface area (Å²) >= 11 is 0. The maximum absolute atomic E-state index is 8.69. The van der Waals surface area contributed by atoms with Gasteiger partial charge in [-0.1, -0.05) is 20.3 Å². The van der Waals surface area contributed by atoms with E-state index in [2.05, 4.69) is 18.8 Å². The molecular weight excluding hydrogens is 200 g/mol. The molecule has 0 aliphatic carbocycles. The first-order valence-corrected chi connectivity index (χ1v) is 5.69. The number of pyridine rings is 1. The van der Waals surface area contributed by atoms with E-state index in [4.69, 9.17) is 10.00 Å². The van der Waals surface area contributed by atoms with Crippen LogP contribution in [0.4, 0.5) is 0 Å². The lowest BCUT2D eigenvalue weighted by molar-refractivity contribution is 0.0893. The molecule has 0 aliphatic rings. The van der Waals surface area contributed by atoms with Gasteiger partial charge in [-0.3, -0.25) is 0 Å². The Balaban J connectivity index is 2.34. The fourth-order valence-corrected chi connectivity index (χ4v) is 1.58. The van der Waals surface area contributed by atoms with Gasteiger partial charge >= 0.3 is 0 Å². The normalized spacial score (nSPS) is 12.1. The van der Waals surface area contributed by atoms with E-state index in [9.17, 15) is 0 Å². The van der Waals surface area contributed by atoms with Crippen LogP contribution in [-0.4, -0.2) is 11.6 Å². The molecule has 0 spiro atoms. The number of rotatable bonds is 6. The summed E-state index contributed by atoms with van der Waals surface area (Å²) in [6.45, 7) is 5.71. The Bertz CT molecular complexity index is 357. The van der Waals surface area contributed by atoms with Gasteiger partial charge in [-0.2, -0.15) is 5.26 Å². The molecule has 1 atom stereocenters. The minimum atomic E-state index is 0.447. The van der Waals surface area contributed by atoms with E-state index in [0.29, 0.717) is 18.2 Å². The van der Waals surface area contributed by atoms with Crippen molar-refractivity contribution in [2.75, 3.05) is 6.61 Å². The predicted molar refractivity (Wildman–Crippen MR) is 62.7 cm³/mol. The maximum Gasteiger partial charge on any atom is 0.140 e. The largest absolute Gasteiger partial charge is 0.376 e. The number of nitriles is 1. The molecule has 0 saturated heterocycles. The van der Waals surface area contributed by atoms with E-state index in [0.717, 1.165) is 12.2 Å². The molecular formula is C13H18N2O. The van der Waals surface area contributed by atoms with Crippen LogP contribution in [0.1, 0.15) is 37.9 Å². The molecule has 0 aromatic carbocycles. The third-order valence-electron chi connectivity index (χ3n) is 2.39. The van der Waals surface area contributed by atoms with Gasteiger partial charge in [-0.15, -0.1) is 0 Å². The zero-order valence-corrected chi connectivity index (χ0v) is 9.94. The van der Waals surface area contributed by atoms with Crippen LogP contribution in [-0.2, 0) is 11.3 Å². The van der Waals surface area contributed by atoms with Crippen LogP contribution >= 0.6 is 0 Å². The van der Waals surface area contributed by atoms with Gasteiger partial charge in [0.05, 0.1) is 6.61 Å². The van der Waals surface area contributed by atoms with E-state index in [1.165, 1.54) is 12.8 Å². The molecule has 0 aliphatic heterocycles. The summed E-state index contributed by atoms with van der Waals surface area (Å²) in [6, 6.07) is 5.67. The van der Waals surface area contributed by atoms with Crippen molar-refractivity contribution in [2.24, 2.45) is 5.92 Å². The Kier molecular flexibility index (Phi) is 5.52. The molecule has 0 saturated carbocycles. The lowest BCUT2D eigenvalue weighted by atomic mass is 10.1. The van der Waals surface area contributed by atoms with E-state index in [-0.39, 0.29) is 0 Å². The topological polar surface area (TPSA) is 45.9 Å². The molecule has 0 amide bonds. The lowest BCUT2D eigenvalue weighted by Crippen LogP contribution is -2.05. The van der Waals surface area contributed by atoms with Crippen LogP contribution in [0.25, 0.3) is 0 Å². The molecule has 0 fully saturated rings. The van der Waals surface area contributed by atoms with E-state index in [1.807, 2.05) is 12.1 Å². The highest BCUT2D eigenvalue weighted by molar-refractivity contribution is 5.24. The Morgan fingerprint density at radius 2 is 2.38 bits per heavy atom. The van der Waals surface area contributed by atoms with Crippen LogP contribution in [0, 0.1) is 17.2 Å². The molecule has 0 N–H and O–H groups in total. The Hall–Kier alpha value is -1.40. The molecule has 1 aromatic heterocycles. The second-order valence-electron chi connectivity index (χ2n) is 4.07. The van der Waals surface area contributed by atoms with Gasteiger partial charge in [0.1, 0.15) is 11.8 Å². The summed E-state index contributed by atoms with van der Waals surface area (Å²) in [5.41, 5.74) is 1.46. The average molecular weight is 218 g/mol. The molecule has 16 heavy (non-hydrogen) atoms. The number of aromatic nitrogens is 1. The number of hydrogen-bond donors (Lipinski definition) is 0. The van der Waals surface area contributed by atoms with Gasteiger partial charge < -0.3 is 4.74 Å². The van der Waals surface area contributed by atoms with Crippen LogP contribution in [0.15, 0.2) is 18.3 Å². The summed E-state index contributed by atoms with van der Waals surface area (Å²) in [6.07, 6.45) is 4.03. The fourth-order valence-electron chi connectivity index (χ4n) is 1.58. The van der Waals surface area contributed by atoms with Gasteiger partial charge in [0.25, 0.3) is 0 Å². The summed E-state index contributed by atoms with van der Waals surface area (Å²) in [5, 5.41) is 8.69. The van der Waals surface area contributed by atoms with Gasteiger partial charge in [0.2, 0.25) is 0 Å². The van der Waals surface area contributed by atoms with Crippen molar-refractivity contribution in [2.45, 2.75) is 33.3 Å². The first-order chi connectivity index (χ1) is 7.76. The van der Waals surface area contributed by atoms with Crippen molar-refractivity contribution in [1.82, 2.24) is 4.98 Å². The minimum absolute atomic E-state index is 0.447. The SMILES string of the molecule is CCCC(C)COCc1ccnc(C#N)c1.